The third-order valence-electron chi connectivity index (χ3n) is 6.61. The summed E-state index contributed by atoms with van der Waals surface area (Å²) in [4.78, 5) is 27.7. The van der Waals surface area contributed by atoms with Crippen LogP contribution in [-0.2, 0) is 9.47 Å². The highest BCUT2D eigenvalue weighted by Gasteiger charge is 2.42. The number of anilines is 1. The molecule has 2 unspecified atom stereocenters. The van der Waals surface area contributed by atoms with E-state index < -0.39 is 48.0 Å². The van der Waals surface area contributed by atoms with Gasteiger partial charge in [0.25, 0.3) is 0 Å². The van der Waals surface area contributed by atoms with Crippen molar-refractivity contribution in [3.63, 3.8) is 0 Å². The lowest BCUT2D eigenvalue weighted by Crippen LogP contribution is -2.36. The number of amides is 1. The Morgan fingerprint density at radius 1 is 1.00 bits per heavy atom. The van der Waals surface area contributed by atoms with Gasteiger partial charge in [-0.25, -0.2) is 14.0 Å². The van der Waals surface area contributed by atoms with Gasteiger partial charge in [0.05, 0.1) is 18.9 Å². The number of hydrogen-bond acceptors (Lipinski definition) is 7. The Hall–Kier alpha value is -2.04. The van der Waals surface area contributed by atoms with Crippen LogP contribution in [0.4, 0.5) is 15.0 Å². The van der Waals surface area contributed by atoms with Gasteiger partial charge in [-0.1, -0.05) is 90.4 Å². The Morgan fingerprint density at radius 2 is 1.53 bits per heavy atom. The van der Waals surface area contributed by atoms with E-state index in [1.165, 1.54) is 77.6 Å². The molecule has 0 aliphatic carbocycles. The second-order valence-corrected chi connectivity index (χ2v) is 9.70. The zero-order chi connectivity index (χ0) is 26.3. The van der Waals surface area contributed by atoms with Crippen LogP contribution < -0.4 is 11.0 Å². The smallest absolute Gasteiger partial charge is 0.412 e. The molecule has 1 saturated heterocycles. The Balaban J connectivity index is 1.55. The molecule has 1 aromatic rings. The minimum Gasteiger partial charge on any atom is -0.449 e. The van der Waals surface area contributed by atoms with Gasteiger partial charge in [-0.05, 0) is 13.3 Å². The summed E-state index contributed by atoms with van der Waals surface area (Å²) >= 11 is 0. The molecule has 4 atom stereocenters. The van der Waals surface area contributed by atoms with E-state index in [1.807, 2.05) is 0 Å². The number of nitrogens with zero attached hydrogens (tertiary/aromatic N) is 2. The molecule has 1 aliphatic rings. The molecule has 10 heteroatoms. The van der Waals surface area contributed by atoms with E-state index in [0.29, 0.717) is 6.42 Å². The monoisotopic (exact) mass is 513 g/mol. The quantitative estimate of drug-likeness (QED) is 0.249. The minimum atomic E-state index is -1.41. The van der Waals surface area contributed by atoms with E-state index in [2.05, 4.69) is 17.2 Å². The highest BCUT2D eigenvalue weighted by atomic mass is 19.1. The summed E-state index contributed by atoms with van der Waals surface area (Å²) in [6.45, 7) is 3.96. The van der Waals surface area contributed by atoms with E-state index in [0.717, 1.165) is 23.6 Å². The molecule has 1 fully saturated rings. The van der Waals surface area contributed by atoms with Crippen LogP contribution in [0.1, 0.15) is 110 Å². The summed E-state index contributed by atoms with van der Waals surface area (Å²) in [5.74, 6) is -1.56. The van der Waals surface area contributed by atoms with Gasteiger partial charge in [0.2, 0.25) is 0 Å². The van der Waals surface area contributed by atoms with E-state index in [4.69, 9.17) is 9.47 Å². The lowest BCUT2D eigenvalue weighted by atomic mass is 10.0. The van der Waals surface area contributed by atoms with Crippen LogP contribution in [0.25, 0.3) is 0 Å². The first kappa shape index (κ1) is 30.2. The van der Waals surface area contributed by atoms with E-state index in [9.17, 15) is 24.2 Å². The predicted octanol–water partition coefficient (Wildman–Crippen LogP) is 5.05. The van der Waals surface area contributed by atoms with Crippen LogP contribution in [-0.4, -0.2) is 50.8 Å². The van der Waals surface area contributed by atoms with Crippen molar-refractivity contribution in [1.82, 2.24) is 9.55 Å². The number of rotatable bonds is 17. The average Bonchev–Trinajstić information content (AvgIpc) is 3.10. The first-order valence-corrected chi connectivity index (χ1v) is 13.6. The molecule has 3 N–H and O–H groups in total. The number of aliphatic hydroxyl groups is 2. The summed E-state index contributed by atoms with van der Waals surface area (Å²) in [5, 5.41) is 21.9. The third kappa shape index (κ3) is 10.1. The molecule has 1 aromatic heterocycles. The second kappa shape index (κ2) is 16.7. The van der Waals surface area contributed by atoms with Crippen LogP contribution in [0.2, 0.25) is 0 Å². The van der Waals surface area contributed by atoms with Crippen molar-refractivity contribution in [1.29, 1.82) is 0 Å². The van der Waals surface area contributed by atoms with E-state index >= 15 is 0 Å². The number of aromatic nitrogens is 2. The number of carbonyl (C=O) groups excluding carboxylic acids is 1. The predicted molar refractivity (Wildman–Crippen MR) is 135 cm³/mol. The van der Waals surface area contributed by atoms with Gasteiger partial charge in [0, 0.05) is 0 Å². The zero-order valence-electron chi connectivity index (χ0n) is 21.8. The molecule has 9 nitrogen and oxygen atoms in total. The van der Waals surface area contributed by atoms with Crippen molar-refractivity contribution in [3.05, 3.63) is 22.5 Å². The van der Waals surface area contributed by atoms with E-state index in [-0.39, 0.29) is 6.61 Å². The molecule has 1 aliphatic heterocycles. The normalized spacial score (nSPS) is 21.6. The molecular weight excluding hydrogens is 469 g/mol. The van der Waals surface area contributed by atoms with Gasteiger partial charge in [0.1, 0.15) is 12.2 Å². The van der Waals surface area contributed by atoms with Gasteiger partial charge in [-0.2, -0.15) is 4.98 Å². The lowest BCUT2D eigenvalue weighted by molar-refractivity contribution is -0.0355. The molecular formula is C26H44FN3O6. The fourth-order valence-electron chi connectivity index (χ4n) is 4.37. The van der Waals surface area contributed by atoms with Crippen LogP contribution in [0.3, 0.4) is 0 Å². The molecule has 1 amide bonds. The summed E-state index contributed by atoms with van der Waals surface area (Å²) < 4.78 is 25.5. The maximum atomic E-state index is 14.4. The Bertz CT molecular complexity index is 836. The topological polar surface area (TPSA) is 123 Å². The molecule has 0 saturated carbocycles. The first-order chi connectivity index (χ1) is 17.3. The molecule has 0 aromatic carbocycles. The summed E-state index contributed by atoms with van der Waals surface area (Å²) in [6, 6.07) is 0. The van der Waals surface area contributed by atoms with Crippen LogP contribution >= 0.6 is 0 Å². The van der Waals surface area contributed by atoms with Gasteiger partial charge in [-0.15, -0.1) is 0 Å². The number of ether oxygens (including phenoxy) is 2. The number of aliphatic hydroxyl groups excluding tert-OH is 2. The molecule has 36 heavy (non-hydrogen) atoms. The number of halogens is 1. The molecule has 0 bridgehead atoms. The first-order valence-electron chi connectivity index (χ1n) is 13.6. The largest absolute Gasteiger partial charge is 0.449 e. The van der Waals surface area contributed by atoms with Crippen molar-refractivity contribution in [2.45, 2.75) is 128 Å². The summed E-state index contributed by atoms with van der Waals surface area (Å²) in [7, 11) is 0. The van der Waals surface area contributed by atoms with Crippen LogP contribution in [0.5, 0.6) is 0 Å². The Kier molecular flexibility index (Phi) is 14.0. The fraction of sp³-hybridized carbons (Fsp3) is 0.808. The van der Waals surface area contributed by atoms with Crippen molar-refractivity contribution in [2.75, 3.05) is 11.9 Å². The summed E-state index contributed by atoms with van der Waals surface area (Å²) in [6.07, 6.45) is 12.4. The number of unbranched alkanes of at least 4 members (excludes halogenated alkanes) is 13. The van der Waals surface area contributed by atoms with Crippen molar-refractivity contribution >= 4 is 11.9 Å². The maximum absolute atomic E-state index is 14.4. The van der Waals surface area contributed by atoms with Gasteiger partial charge in [-0.3, -0.25) is 9.88 Å². The number of nitrogens with one attached hydrogen (secondary N) is 1. The lowest BCUT2D eigenvalue weighted by Gasteiger charge is -2.17. The second-order valence-electron chi connectivity index (χ2n) is 9.70. The highest BCUT2D eigenvalue weighted by Crippen LogP contribution is 2.28. The Morgan fingerprint density at radius 3 is 2.03 bits per heavy atom. The van der Waals surface area contributed by atoms with E-state index in [1.54, 1.807) is 0 Å². The minimum absolute atomic E-state index is 0.195. The molecule has 206 valence electrons. The number of hydrogen-bond donors (Lipinski definition) is 3. The van der Waals surface area contributed by atoms with Crippen molar-refractivity contribution in [3.8, 4) is 0 Å². The standard InChI is InChI=1S/C26H44FN3O6/c1-3-4-5-6-7-8-9-10-11-12-13-14-15-16-17-35-26(34)29-23-20(27)18-30(25(33)28-23)24-22(32)21(31)19(2)36-24/h18-19,21-22,24,31-32H,3-17H2,1-2H3,(H,28,29,33,34)/t19-,21?,22?,24-/m1/s1. The zero-order valence-corrected chi connectivity index (χ0v) is 21.8. The molecule has 2 rings (SSSR count). The van der Waals surface area contributed by atoms with Gasteiger partial charge >= 0.3 is 11.8 Å². The molecule has 0 spiro atoms. The maximum Gasteiger partial charge on any atom is 0.412 e. The molecule has 0 radical (unpaired) electrons. The third-order valence-corrected chi connectivity index (χ3v) is 6.61. The Labute approximate surface area is 213 Å². The fourth-order valence-corrected chi connectivity index (χ4v) is 4.37. The number of carbonyl (C=O) groups is 1. The molecule has 2 heterocycles. The van der Waals surface area contributed by atoms with Gasteiger partial charge < -0.3 is 19.7 Å². The van der Waals surface area contributed by atoms with Crippen molar-refractivity contribution in [2.24, 2.45) is 0 Å². The van der Waals surface area contributed by atoms with Crippen LogP contribution in [0.15, 0.2) is 11.0 Å². The van der Waals surface area contributed by atoms with Crippen molar-refractivity contribution < 1.29 is 28.9 Å². The van der Waals surface area contributed by atoms with Gasteiger partial charge in [0.15, 0.2) is 17.9 Å². The average molecular weight is 514 g/mol. The van der Waals surface area contributed by atoms with Crippen LogP contribution in [0, 0.1) is 5.82 Å². The highest BCUT2D eigenvalue weighted by molar-refractivity contribution is 5.83. The summed E-state index contributed by atoms with van der Waals surface area (Å²) in [5.41, 5.74) is -0.941. The SMILES string of the molecule is CCCCCCCCCCCCCCCCOC(=O)Nc1nc(=O)n([C@@H]2O[C@H](C)C(O)C2O)cc1F.